The lowest BCUT2D eigenvalue weighted by atomic mass is 10.2. The van der Waals surface area contributed by atoms with Crippen LogP contribution < -0.4 is 9.84 Å². The normalized spacial score (nSPS) is 11.4. The average Bonchev–Trinajstić information content (AvgIpc) is 3.12. The molecular weight excluding hydrogens is 371 g/mol. The van der Waals surface area contributed by atoms with Crippen LogP contribution in [0, 0.1) is 5.82 Å². The Labute approximate surface area is 158 Å². The van der Waals surface area contributed by atoms with Crippen molar-refractivity contribution in [2.75, 3.05) is 6.61 Å². The zero-order valence-electron chi connectivity index (χ0n) is 14.2. The first-order chi connectivity index (χ1) is 13.1. The number of hydrogen-bond donors (Lipinski definition) is 0. The molecule has 0 radical (unpaired) electrons. The van der Waals surface area contributed by atoms with Gasteiger partial charge in [0.15, 0.2) is 0 Å². The number of carbonyl (C=O) groups is 1. The largest absolute Gasteiger partial charge is 0.544 e. The lowest BCUT2D eigenvalue weighted by Crippen LogP contribution is -2.23. The van der Waals surface area contributed by atoms with Crippen molar-refractivity contribution in [3.63, 3.8) is 0 Å². The lowest BCUT2D eigenvalue weighted by molar-refractivity contribution is -0.298. The number of benzene rings is 2. The summed E-state index contributed by atoms with van der Waals surface area (Å²) in [6.45, 7) is 2.29. The van der Waals surface area contributed by atoms with Crippen LogP contribution in [0.1, 0.15) is 12.5 Å². The first-order valence-corrected chi connectivity index (χ1v) is 8.80. The molecule has 0 N–H and O–H groups in total. The van der Waals surface area contributed by atoms with Gasteiger partial charge in [-0.2, -0.15) is 0 Å². The number of aromatic nitrogens is 2. The van der Waals surface area contributed by atoms with Gasteiger partial charge in [-0.3, -0.25) is 0 Å². The molecule has 0 bridgehead atoms. The van der Waals surface area contributed by atoms with Crippen LogP contribution in [0.4, 0.5) is 4.39 Å². The maximum Gasteiger partial charge on any atom is 0.281 e. The molecule has 27 heavy (non-hydrogen) atoms. The molecule has 0 saturated heterocycles. The quantitative estimate of drug-likeness (QED) is 0.456. The summed E-state index contributed by atoms with van der Waals surface area (Å²) in [4.78, 5) is 11.4. The molecule has 6 nitrogen and oxygen atoms in total. The molecule has 0 unspecified atom stereocenters. The minimum atomic E-state index is -1.38. The molecule has 0 aliphatic heterocycles. The molecular formula is C19H14FN2O4S-. The number of nitrogens with zero attached hydrogens (tertiary/aromatic N) is 2. The fraction of sp³-hybridized carbons (Fsp3) is 0.105. The van der Waals surface area contributed by atoms with E-state index in [1.165, 1.54) is 30.3 Å². The maximum atomic E-state index is 13.0. The summed E-state index contributed by atoms with van der Waals surface area (Å²) in [6, 6.07) is 12.5. The van der Waals surface area contributed by atoms with Crippen molar-refractivity contribution in [3.05, 3.63) is 64.8 Å². The van der Waals surface area contributed by atoms with Crippen molar-refractivity contribution >= 4 is 23.8 Å². The van der Waals surface area contributed by atoms with Crippen LogP contribution in [-0.2, 0) is 4.79 Å². The minimum Gasteiger partial charge on any atom is -0.544 e. The fourth-order valence-electron chi connectivity index (χ4n) is 2.21. The monoisotopic (exact) mass is 385 g/mol. The molecule has 1 heterocycles. The van der Waals surface area contributed by atoms with Crippen LogP contribution in [-0.4, -0.2) is 22.8 Å². The molecule has 2 aromatic carbocycles. The summed E-state index contributed by atoms with van der Waals surface area (Å²) in [6.07, 6.45) is 1.42. The third-order valence-electron chi connectivity index (χ3n) is 3.40. The molecule has 0 spiro atoms. The molecule has 1 aromatic heterocycles. The number of carboxylic acids is 1. The Balaban J connectivity index is 1.85. The van der Waals surface area contributed by atoms with Gasteiger partial charge in [0.2, 0.25) is 5.89 Å². The van der Waals surface area contributed by atoms with Gasteiger partial charge in [0, 0.05) is 16.0 Å². The SMILES string of the molecule is CCOc1ccccc1/C=C(/Sc1nnc(-c2ccc(F)cc2)o1)C(=O)[O-]. The molecule has 0 atom stereocenters. The van der Waals surface area contributed by atoms with Crippen LogP contribution in [0.25, 0.3) is 17.5 Å². The van der Waals surface area contributed by atoms with Gasteiger partial charge >= 0.3 is 0 Å². The third-order valence-corrected chi connectivity index (χ3v) is 4.25. The molecule has 0 aliphatic carbocycles. The van der Waals surface area contributed by atoms with Gasteiger partial charge in [-0.25, -0.2) is 4.39 Å². The lowest BCUT2D eigenvalue weighted by Gasteiger charge is -2.09. The summed E-state index contributed by atoms with van der Waals surface area (Å²) in [5, 5.41) is 19.2. The van der Waals surface area contributed by atoms with E-state index in [4.69, 9.17) is 9.15 Å². The molecule has 0 amide bonds. The van der Waals surface area contributed by atoms with E-state index in [0.29, 0.717) is 23.5 Å². The maximum absolute atomic E-state index is 13.0. The van der Waals surface area contributed by atoms with Gasteiger partial charge in [-0.15, -0.1) is 10.2 Å². The molecule has 138 valence electrons. The molecule has 0 fully saturated rings. The number of thioether (sulfide) groups is 1. The Kier molecular flexibility index (Phi) is 5.87. The van der Waals surface area contributed by atoms with Crippen LogP contribution in [0.5, 0.6) is 5.75 Å². The fourth-order valence-corrected chi connectivity index (χ4v) is 2.87. The van der Waals surface area contributed by atoms with E-state index in [1.54, 1.807) is 24.3 Å². The highest BCUT2D eigenvalue weighted by molar-refractivity contribution is 8.03. The minimum absolute atomic E-state index is 0.0265. The van der Waals surface area contributed by atoms with Crippen LogP contribution >= 0.6 is 11.8 Å². The Bertz CT molecular complexity index is 970. The van der Waals surface area contributed by atoms with E-state index in [-0.39, 0.29) is 21.8 Å². The van der Waals surface area contributed by atoms with Crippen molar-refractivity contribution in [2.24, 2.45) is 0 Å². The highest BCUT2D eigenvalue weighted by atomic mass is 32.2. The first-order valence-electron chi connectivity index (χ1n) is 7.99. The second kappa shape index (κ2) is 8.50. The van der Waals surface area contributed by atoms with Gasteiger partial charge in [-0.1, -0.05) is 18.2 Å². The van der Waals surface area contributed by atoms with E-state index in [1.807, 2.05) is 6.92 Å². The molecule has 0 aliphatic rings. The molecule has 3 rings (SSSR count). The van der Waals surface area contributed by atoms with Gasteiger partial charge in [0.05, 0.1) is 12.6 Å². The number of halogens is 1. The number of ether oxygens (including phenoxy) is 1. The Morgan fingerprint density at radius 2 is 1.96 bits per heavy atom. The summed E-state index contributed by atoms with van der Waals surface area (Å²) >= 11 is 0.766. The second-order valence-electron chi connectivity index (χ2n) is 5.25. The van der Waals surface area contributed by atoms with E-state index in [2.05, 4.69) is 10.2 Å². The van der Waals surface area contributed by atoms with Gasteiger partial charge in [0.1, 0.15) is 11.6 Å². The predicted octanol–water partition coefficient (Wildman–Crippen LogP) is 3.16. The molecule has 3 aromatic rings. The first kappa shape index (κ1) is 18.7. The van der Waals surface area contributed by atoms with Gasteiger partial charge in [-0.05, 0) is 55.1 Å². The van der Waals surface area contributed by atoms with Crippen molar-refractivity contribution < 1.29 is 23.4 Å². The van der Waals surface area contributed by atoms with Crippen LogP contribution in [0.3, 0.4) is 0 Å². The smallest absolute Gasteiger partial charge is 0.281 e. The number of aliphatic carboxylic acids is 1. The topological polar surface area (TPSA) is 88.3 Å². The predicted molar refractivity (Wildman–Crippen MR) is 96.1 cm³/mol. The molecule has 8 heteroatoms. The van der Waals surface area contributed by atoms with Crippen LogP contribution in [0.15, 0.2) is 63.1 Å². The van der Waals surface area contributed by atoms with E-state index in [9.17, 15) is 14.3 Å². The van der Waals surface area contributed by atoms with Crippen molar-refractivity contribution in [1.82, 2.24) is 10.2 Å². The summed E-state index contributed by atoms with van der Waals surface area (Å²) in [5.41, 5.74) is 1.11. The van der Waals surface area contributed by atoms with E-state index < -0.39 is 5.97 Å². The second-order valence-corrected chi connectivity index (χ2v) is 6.24. The summed E-state index contributed by atoms with van der Waals surface area (Å²) < 4.78 is 24.0. The zero-order chi connectivity index (χ0) is 19.2. The number of rotatable bonds is 7. The Hall–Kier alpha value is -3.13. The summed E-state index contributed by atoms with van der Waals surface area (Å²) in [7, 11) is 0. The standard InChI is InChI=1S/C19H15FN2O4S/c1-2-25-15-6-4-3-5-13(15)11-16(18(23)24)27-19-22-21-17(26-19)12-7-9-14(20)10-8-12/h3-11H,2H2,1H3,(H,23,24)/p-1/b16-11+. The molecule has 0 saturated carbocycles. The van der Waals surface area contributed by atoms with Crippen LogP contribution in [0.2, 0.25) is 0 Å². The Morgan fingerprint density at radius 1 is 1.22 bits per heavy atom. The van der Waals surface area contributed by atoms with E-state index in [0.717, 1.165) is 11.8 Å². The van der Waals surface area contributed by atoms with Crippen molar-refractivity contribution in [2.45, 2.75) is 12.1 Å². The van der Waals surface area contributed by atoms with Gasteiger partial charge < -0.3 is 19.1 Å². The zero-order valence-corrected chi connectivity index (χ0v) is 15.0. The number of para-hydroxylation sites is 1. The number of carboxylic acid groups (broad SMARTS) is 1. The number of hydrogen-bond acceptors (Lipinski definition) is 7. The van der Waals surface area contributed by atoms with Crippen molar-refractivity contribution in [1.29, 1.82) is 0 Å². The average molecular weight is 385 g/mol. The van der Waals surface area contributed by atoms with Crippen molar-refractivity contribution in [3.8, 4) is 17.2 Å². The number of carbonyl (C=O) groups excluding carboxylic acids is 1. The highest BCUT2D eigenvalue weighted by Gasteiger charge is 2.13. The highest BCUT2D eigenvalue weighted by Crippen LogP contribution is 2.31. The third kappa shape index (κ3) is 4.73. The van der Waals surface area contributed by atoms with Gasteiger partial charge in [0.25, 0.3) is 5.22 Å². The summed E-state index contributed by atoms with van der Waals surface area (Å²) in [5.74, 6) is -1.06. The van der Waals surface area contributed by atoms with E-state index >= 15 is 0 Å². The Morgan fingerprint density at radius 3 is 2.67 bits per heavy atom.